The Morgan fingerprint density at radius 2 is 1.63 bits per heavy atom. The molecule has 0 spiro atoms. The molecule has 2 aromatic heterocycles. The van der Waals surface area contributed by atoms with Crippen molar-refractivity contribution in [2.24, 2.45) is 0 Å². The molecule has 2 saturated heterocycles. The van der Waals surface area contributed by atoms with Crippen LogP contribution in [0.5, 0.6) is 5.75 Å². The lowest BCUT2D eigenvalue weighted by molar-refractivity contribution is -0.191. The van der Waals surface area contributed by atoms with Crippen LogP contribution in [0.25, 0.3) is 5.69 Å². The molecule has 4 heterocycles. The van der Waals surface area contributed by atoms with Gasteiger partial charge >= 0.3 is 11.7 Å². The Morgan fingerprint density at radius 1 is 0.963 bits per heavy atom. The van der Waals surface area contributed by atoms with E-state index in [1.165, 1.54) is 9.36 Å². The molecule has 5 aromatic rings. The Labute approximate surface area is 321 Å². The molecular formula is C37H41Cl2N9O6. The smallest absolute Gasteiger partial charge is 0.378 e. The van der Waals surface area contributed by atoms with E-state index in [1.807, 2.05) is 38.1 Å². The van der Waals surface area contributed by atoms with Crippen LogP contribution in [-0.2, 0) is 26.5 Å². The summed E-state index contributed by atoms with van der Waals surface area (Å²) in [5.41, 5.74) is 3.39. The minimum absolute atomic E-state index is 0.0503. The number of rotatable bonds is 13. The Balaban J connectivity index is 0.946. The lowest BCUT2D eigenvalue weighted by Gasteiger charge is -2.37. The molecular weight excluding hydrogens is 737 g/mol. The molecule has 1 unspecified atom stereocenters. The Hall–Kier alpha value is -4.96. The van der Waals surface area contributed by atoms with Crippen molar-refractivity contribution in [3.8, 4) is 11.4 Å². The topological polar surface area (TPSA) is 144 Å². The minimum Gasteiger partial charge on any atom is -0.491 e. The second kappa shape index (κ2) is 16.2. The Bertz CT molecular complexity index is 2120. The lowest BCUT2D eigenvalue weighted by Crippen LogP contribution is -2.46. The second-order valence-corrected chi connectivity index (χ2v) is 13.9. The molecule has 2 fully saturated rings. The van der Waals surface area contributed by atoms with E-state index >= 15 is 0 Å². The van der Waals surface area contributed by atoms with Gasteiger partial charge < -0.3 is 28.7 Å². The first-order valence-electron chi connectivity index (χ1n) is 17.9. The summed E-state index contributed by atoms with van der Waals surface area (Å²) in [6.07, 6.45) is 1.94. The summed E-state index contributed by atoms with van der Waals surface area (Å²) in [5, 5.41) is 16.5. The quantitative estimate of drug-likeness (QED) is 0.146. The number of tetrazole rings is 1. The summed E-state index contributed by atoms with van der Waals surface area (Å²) >= 11 is 12.8. The lowest BCUT2D eigenvalue weighted by atomic mass is 10.1. The molecule has 0 bridgehead atoms. The molecule has 54 heavy (non-hydrogen) atoms. The zero-order valence-electron chi connectivity index (χ0n) is 30.2. The monoisotopic (exact) mass is 777 g/mol. The largest absolute Gasteiger partial charge is 0.491 e. The van der Waals surface area contributed by atoms with E-state index in [1.54, 1.807) is 36.0 Å². The summed E-state index contributed by atoms with van der Waals surface area (Å²) < 4.78 is 28.4. The predicted molar refractivity (Wildman–Crippen MR) is 202 cm³/mol. The highest BCUT2D eigenvalue weighted by molar-refractivity contribution is 6.35. The van der Waals surface area contributed by atoms with E-state index in [-0.39, 0.29) is 43.9 Å². The maximum absolute atomic E-state index is 12.8. The van der Waals surface area contributed by atoms with Crippen LogP contribution in [0.4, 0.5) is 11.4 Å². The molecule has 0 N–H and O–H groups in total. The highest BCUT2D eigenvalue weighted by Gasteiger charge is 2.46. The molecule has 0 saturated carbocycles. The fraction of sp³-hybridized carbons (Fsp3) is 0.405. The Kier molecular flexibility index (Phi) is 11.2. The van der Waals surface area contributed by atoms with Crippen molar-refractivity contribution in [1.29, 1.82) is 0 Å². The minimum atomic E-state index is -1.43. The molecule has 284 valence electrons. The number of nitrogens with zero attached hydrogens (tertiary/aromatic N) is 9. The summed E-state index contributed by atoms with van der Waals surface area (Å²) in [4.78, 5) is 30.0. The summed E-state index contributed by atoms with van der Waals surface area (Å²) in [7, 11) is 0. The fourth-order valence-electron chi connectivity index (χ4n) is 6.56. The van der Waals surface area contributed by atoms with Crippen molar-refractivity contribution in [2.45, 2.75) is 51.7 Å². The van der Waals surface area contributed by atoms with Crippen molar-refractivity contribution in [2.75, 3.05) is 55.8 Å². The third-order valence-corrected chi connectivity index (χ3v) is 10.2. The molecule has 2 aliphatic heterocycles. The standard InChI is InChI=1S/C37H41Cl2N9O6/c1-4-25(3)48-36(50)46(24-40-48)29-9-7-27(8-10-29)44-16-18-45(19-17-44)28-11-13-30(14-12-28)52-21-31-22-53-37(54-31,32-15-6-26(38)20-33(32)39)23-47-34(41-42-43-47)35(49)51-5-2/h6-15,20,24-25,31H,4-5,16-19,21-23H2,1-3H3/t25?,31-,37-/m1/s1. The van der Waals surface area contributed by atoms with Crippen molar-refractivity contribution in [3.05, 3.63) is 105 Å². The number of halogens is 2. The highest BCUT2D eigenvalue weighted by atomic mass is 35.5. The van der Waals surface area contributed by atoms with Crippen molar-refractivity contribution < 1.29 is 23.7 Å². The van der Waals surface area contributed by atoms with Crippen LogP contribution in [0, 0.1) is 0 Å². The summed E-state index contributed by atoms with van der Waals surface area (Å²) in [5.74, 6) is -1.51. The number of hydrogen-bond acceptors (Lipinski definition) is 12. The van der Waals surface area contributed by atoms with Gasteiger partial charge in [0.1, 0.15) is 31.3 Å². The Morgan fingerprint density at radius 3 is 2.28 bits per heavy atom. The van der Waals surface area contributed by atoms with Crippen molar-refractivity contribution in [3.63, 3.8) is 0 Å². The SMILES string of the molecule is CCOC(=O)c1nnnn1C[C@@]1(c2ccc(Cl)cc2Cl)OC[C@@H](COc2ccc(N3CCN(c4ccc(-n5cnn(C(C)CC)c5=O)cc4)CC3)cc2)O1. The van der Waals surface area contributed by atoms with E-state index in [0.29, 0.717) is 21.4 Å². The van der Waals surface area contributed by atoms with Gasteiger partial charge in [0.25, 0.3) is 5.82 Å². The average Bonchev–Trinajstić information content (AvgIpc) is 3.93. The van der Waals surface area contributed by atoms with Gasteiger partial charge in [-0.25, -0.2) is 23.5 Å². The number of aromatic nitrogens is 7. The second-order valence-electron chi connectivity index (χ2n) is 13.1. The van der Waals surface area contributed by atoms with Crippen LogP contribution < -0.4 is 20.2 Å². The zero-order chi connectivity index (χ0) is 37.8. The van der Waals surface area contributed by atoms with Crippen LogP contribution in [0.15, 0.2) is 77.9 Å². The number of carbonyl (C=O) groups is 1. The number of hydrogen-bond donors (Lipinski definition) is 0. The first kappa shape index (κ1) is 37.4. The predicted octanol–water partition coefficient (Wildman–Crippen LogP) is 5.15. The molecule has 0 amide bonds. The van der Waals surface area contributed by atoms with E-state index in [9.17, 15) is 9.59 Å². The van der Waals surface area contributed by atoms with Crippen LogP contribution in [-0.4, -0.2) is 92.6 Å². The average molecular weight is 779 g/mol. The molecule has 3 aromatic carbocycles. The number of carbonyl (C=O) groups excluding carboxylic acids is 1. The number of piperazine rings is 1. The number of ether oxygens (including phenoxy) is 4. The van der Waals surface area contributed by atoms with Gasteiger partial charge in [0, 0.05) is 48.1 Å². The van der Waals surface area contributed by atoms with Gasteiger partial charge in [-0.2, -0.15) is 5.10 Å². The number of benzene rings is 3. The highest BCUT2D eigenvalue weighted by Crippen LogP contribution is 2.41. The molecule has 3 atom stereocenters. The van der Waals surface area contributed by atoms with Gasteiger partial charge in [-0.3, -0.25) is 0 Å². The zero-order valence-corrected chi connectivity index (χ0v) is 31.7. The van der Waals surface area contributed by atoms with Crippen LogP contribution in [0.3, 0.4) is 0 Å². The van der Waals surface area contributed by atoms with Crippen LogP contribution in [0.2, 0.25) is 10.0 Å². The van der Waals surface area contributed by atoms with Gasteiger partial charge in [-0.1, -0.05) is 36.2 Å². The van der Waals surface area contributed by atoms with E-state index in [4.69, 9.17) is 42.1 Å². The molecule has 7 rings (SSSR count). The molecule has 17 heteroatoms. The third-order valence-electron chi connectivity index (χ3n) is 9.66. The molecule has 0 radical (unpaired) electrons. The van der Waals surface area contributed by atoms with Gasteiger partial charge in [0.2, 0.25) is 5.79 Å². The van der Waals surface area contributed by atoms with E-state index in [0.717, 1.165) is 49.7 Å². The molecule has 2 aliphatic rings. The van der Waals surface area contributed by atoms with Crippen LogP contribution in [0.1, 0.15) is 49.4 Å². The van der Waals surface area contributed by atoms with Gasteiger partial charge in [0.05, 0.1) is 30.0 Å². The summed E-state index contributed by atoms with van der Waals surface area (Å²) in [6.45, 7) is 9.61. The number of esters is 1. The van der Waals surface area contributed by atoms with Gasteiger partial charge in [-0.15, -0.1) is 5.10 Å². The van der Waals surface area contributed by atoms with Crippen molar-refractivity contribution >= 4 is 40.5 Å². The molecule has 15 nitrogen and oxygen atoms in total. The normalized spacial score (nSPS) is 19.2. The van der Waals surface area contributed by atoms with Gasteiger partial charge in [-0.05, 0) is 91.4 Å². The third kappa shape index (κ3) is 7.80. The van der Waals surface area contributed by atoms with Gasteiger partial charge in [0.15, 0.2) is 0 Å². The summed E-state index contributed by atoms with van der Waals surface area (Å²) in [6, 6.07) is 21.1. The first-order chi connectivity index (χ1) is 26.2. The molecule has 0 aliphatic carbocycles. The first-order valence-corrected chi connectivity index (χ1v) is 18.6. The maximum Gasteiger partial charge on any atom is 0.378 e. The van der Waals surface area contributed by atoms with Crippen molar-refractivity contribution in [1.82, 2.24) is 34.6 Å². The van der Waals surface area contributed by atoms with Crippen LogP contribution >= 0.6 is 23.2 Å². The number of anilines is 2. The fourth-order valence-corrected chi connectivity index (χ4v) is 7.12. The maximum atomic E-state index is 12.8. The van der Waals surface area contributed by atoms with E-state index in [2.05, 4.69) is 54.7 Å². The van der Waals surface area contributed by atoms with E-state index < -0.39 is 17.9 Å².